The zero-order valence-corrected chi connectivity index (χ0v) is 11.6. The first-order chi connectivity index (χ1) is 9.83. The summed E-state index contributed by atoms with van der Waals surface area (Å²) in [5.41, 5.74) is 3.39. The first-order valence-electron chi connectivity index (χ1n) is 6.55. The van der Waals surface area contributed by atoms with Gasteiger partial charge in [-0.1, -0.05) is 55.2 Å². The average molecular weight is 262 g/mol. The van der Waals surface area contributed by atoms with E-state index in [4.69, 9.17) is 0 Å². The summed E-state index contributed by atoms with van der Waals surface area (Å²) >= 11 is 0. The van der Waals surface area contributed by atoms with Crippen LogP contribution in [0.4, 0.5) is 0 Å². The fraction of sp³-hybridized carbons (Fsp3) is 0.0556. The number of imidazole rings is 1. The number of nitrogens with zero attached hydrogens (tertiary/aromatic N) is 2. The van der Waals surface area contributed by atoms with Crippen LogP contribution in [0.2, 0.25) is 0 Å². The number of rotatable bonds is 5. The summed E-state index contributed by atoms with van der Waals surface area (Å²) in [4.78, 5) is 4.05. The molecule has 20 heavy (non-hydrogen) atoms. The van der Waals surface area contributed by atoms with Crippen LogP contribution in [0.15, 0.2) is 85.5 Å². The molecule has 2 nitrogen and oxygen atoms in total. The highest BCUT2D eigenvalue weighted by molar-refractivity contribution is 5.56. The van der Waals surface area contributed by atoms with E-state index in [1.54, 1.807) is 18.6 Å². The van der Waals surface area contributed by atoms with Crippen LogP contribution in [0.1, 0.15) is 12.5 Å². The fourth-order valence-electron chi connectivity index (χ4n) is 1.86. The van der Waals surface area contributed by atoms with Crippen molar-refractivity contribution in [3.63, 3.8) is 0 Å². The van der Waals surface area contributed by atoms with Crippen LogP contribution in [0.5, 0.6) is 0 Å². The van der Waals surface area contributed by atoms with Crippen LogP contribution in [0, 0.1) is 0 Å². The van der Waals surface area contributed by atoms with Gasteiger partial charge in [-0.3, -0.25) is 0 Å². The number of allylic oxidation sites excluding steroid dienone is 6. The first-order valence-corrected chi connectivity index (χ1v) is 6.55. The van der Waals surface area contributed by atoms with Crippen molar-refractivity contribution in [2.24, 2.45) is 0 Å². The Morgan fingerprint density at radius 2 is 2.00 bits per heavy atom. The number of hydrogen-bond donors (Lipinski definition) is 0. The van der Waals surface area contributed by atoms with Crippen molar-refractivity contribution in [3.05, 3.63) is 91.1 Å². The quantitative estimate of drug-likeness (QED) is 0.721. The molecule has 1 heterocycles. The third-order valence-electron chi connectivity index (χ3n) is 2.83. The second kappa shape index (κ2) is 7.10. The number of aromatic nitrogens is 2. The Morgan fingerprint density at radius 1 is 1.20 bits per heavy atom. The molecule has 0 spiro atoms. The van der Waals surface area contributed by atoms with Gasteiger partial charge in [0.05, 0.1) is 6.33 Å². The van der Waals surface area contributed by atoms with Crippen LogP contribution in [-0.2, 0) is 0 Å². The molecule has 1 aromatic heterocycles. The van der Waals surface area contributed by atoms with Crippen LogP contribution in [-0.4, -0.2) is 9.55 Å². The van der Waals surface area contributed by atoms with E-state index in [1.807, 2.05) is 29.8 Å². The van der Waals surface area contributed by atoms with Gasteiger partial charge in [0, 0.05) is 18.1 Å². The Hall–Kier alpha value is -2.61. The maximum atomic E-state index is 4.05. The van der Waals surface area contributed by atoms with Crippen molar-refractivity contribution < 1.29 is 0 Å². The third-order valence-corrected chi connectivity index (χ3v) is 2.83. The molecule has 0 N–H and O–H groups in total. The van der Waals surface area contributed by atoms with E-state index in [-0.39, 0.29) is 0 Å². The highest BCUT2D eigenvalue weighted by Crippen LogP contribution is 2.12. The van der Waals surface area contributed by atoms with E-state index in [0.29, 0.717) is 0 Å². The summed E-state index contributed by atoms with van der Waals surface area (Å²) in [7, 11) is 0. The Bertz CT molecular complexity index is 627. The topological polar surface area (TPSA) is 17.8 Å². The third kappa shape index (κ3) is 3.69. The van der Waals surface area contributed by atoms with Crippen LogP contribution < -0.4 is 0 Å². The molecule has 2 heteroatoms. The summed E-state index contributed by atoms with van der Waals surface area (Å²) in [5, 5.41) is 0. The molecule has 0 unspecified atom stereocenters. The summed E-state index contributed by atoms with van der Waals surface area (Å²) in [6, 6.07) is 8.34. The van der Waals surface area contributed by atoms with E-state index in [0.717, 1.165) is 16.8 Å². The van der Waals surface area contributed by atoms with E-state index >= 15 is 0 Å². The molecule has 0 aliphatic heterocycles. The minimum absolute atomic E-state index is 1.11. The van der Waals surface area contributed by atoms with Gasteiger partial charge < -0.3 is 4.57 Å². The first kappa shape index (κ1) is 13.8. The van der Waals surface area contributed by atoms with Crippen molar-refractivity contribution in [2.75, 3.05) is 0 Å². The van der Waals surface area contributed by atoms with Gasteiger partial charge in [-0.2, -0.15) is 0 Å². The van der Waals surface area contributed by atoms with Gasteiger partial charge in [0.1, 0.15) is 0 Å². The Kier molecular flexibility index (Phi) is 4.90. The molecule has 0 saturated heterocycles. The van der Waals surface area contributed by atoms with Crippen molar-refractivity contribution in [1.82, 2.24) is 9.55 Å². The lowest BCUT2D eigenvalue weighted by molar-refractivity contribution is 1.06. The minimum Gasteiger partial charge on any atom is -0.306 e. The van der Waals surface area contributed by atoms with Gasteiger partial charge in [-0.15, -0.1) is 0 Å². The summed E-state index contributed by atoms with van der Waals surface area (Å²) in [5.74, 6) is 0. The minimum atomic E-state index is 1.11. The predicted octanol–water partition coefficient (Wildman–Crippen LogP) is 4.57. The standard InChI is InChI=1S/C18H18N2/c1-3-5-16(6-4-2)7-8-17-9-11-18(12-10-17)20-14-13-19-15-20/h3-15H,1H2,2H3/b6-4-,8-7+,16-5+. The molecule has 0 fully saturated rings. The average Bonchev–Trinajstić information content (AvgIpc) is 3.00. The Labute approximate surface area is 120 Å². The molecule has 0 saturated carbocycles. The summed E-state index contributed by atoms with van der Waals surface area (Å²) in [6.45, 7) is 5.73. The van der Waals surface area contributed by atoms with Crippen LogP contribution in [0.3, 0.4) is 0 Å². The van der Waals surface area contributed by atoms with Gasteiger partial charge in [0.25, 0.3) is 0 Å². The van der Waals surface area contributed by atoms with Crippen LogP contribution in [0.25, 0.3) is 11.8 Å². The SMILES string of the molecule is C=C/C=C(\C=C/C)/C=C/c1ccc(-n2ccnc2)cc1. The van der Waals surface area contributed by atoms with Crippen LogP contribution >= 0.6 is 0 Å². The molecule has 0 bridgehead atoms. The van der Waals surface area contributed by atoms with E-state index in [1.165, 1.54) is 0 Å². The number of benzene rings is 1. The molecule has 0 radical (unpaired) electrons. The van der Waals surface area contributed by atoms with Gasteiger partial charge >= 0.3 is 0 Å². The molecule has 0 aliphatic carbocycles. The molecule has 2 rings (SSSR count). The molecule has 0 aliphatic rings. The fourth-order valence-corrected chi connectivity index (χ4v) is 1.86. The molecule has 2 aromatic rings. The van der Waals surface area contributed by atoms with Crippen molar-refractivity contribution in [3.8, 4) is 5.69 Å². The molecule has 1 aromatic carbocycles. The lowest BCUT2D eigenvalue weighted by Crippen LogP contribution is -1.88. The zero-order chi connectivity index (χ0) is 14.2. The normalized spacial score (nSPS) is 12.3. The van der Waals surface area contributed by atoms with E-state index in [9.17, 15) is 0 Å². The van der Waals surface area contributed by atoms with Gasteiger partial charge in [-0.25, -0.2) is 4.98 Å². The second-order valence-corrected chi connectivity index (χ2v) is 4.30. The number of hydrogen-bond acceptors (Lipinski definition) is 1. The predicted molar refractivity (Wildman–Crippen MR) is 85.7 cm³/mol. The largest absolute Gasteiger partial charge is 0.306 e. The van der Waals surface area contributed by atoms with E-state index in [2.05, 4.69) is 54.1 Å². The van der Waals surface area contributed by atoms with Gasteiger partial charge in [0.15, 0.2) is 0 Å². The monoisotopic (exact) mass is 262 g/mol. The zero-order valence-electron chi connectivity index (χ0n) is 11.6. The molecular formula is C18H18N2. The smallest absolute Gasteiger partial charge is 0.0991 e. The van der Waals surface area contributed by atoms with Crippen molar-refractivity contribution in [1.29, 1.82) is 0 Å². The maximum Gasteiger partial charge on any atom is 0.0991 e. The van der Waals surface area contributed by atoms with Crippen molar-refractivity contribution in [2.45, 2.75) is 6.92 Å². The Balaban J connectivity index is 2.14. The van der Waals surface area contributed by atoms with Gasteiger partial charge in [-0.05, 0) is 30.2 Å². The highest BCUT2D eigenvalue weighted by Gasteiger charge is 1.94. The second-order valence-electron chi connectivity index (χ2n) is 4.30. The molecular weight excluding hydrogens is 244 g/mol. The lowest BCUT2D eigenvalue weighted by atomic mass is 10.1. The molecule has 0 atom stereocenters. The van der Waals surface area contributed by atoms with E-state index < -0.39 is 0 Å². The summed E-state index contributed by atoms with van der Waals surface area (Å²) < 4.78 is 1.98. The Morgan fingerprint density at radius 3 is 2.60 bits per heavy atom. The molecule has 100 valence electrons. The maximum absolute atomic E-state index is 4.05. The van der Waals surface area contributed by atoms with Gasteiger partial charge in [0.2, 0.25) is 0 Å². The summed E-state index contributed by atoms with van der Waals surface area (Å²) in [6.07, 6.45) is 17.5. The molecule has 0 amide bonds. The lowest BCUT2D eigenvalue weighted by Gasteiger charge is -2.02. The van der Waals surface area contributed by atoms with Crippen molar-refractivity contribution >= 4 is 6.08 Å². The highest BCUT2D eigenvalue weighted by atomic mass is 15.0.